The van der Waals surface area contributed by atoms with Crippen molar-refractivity contribution in [1.29, 1.82) is 0 Å². The molecule has 1 amide bonds. The maximum Gasteiger partial charge on any atom is 0.249 e. The van der Waals surface area contributed by atoms with E-state index < -0.39 is 40.9 Å². The van der Waals surface area contributed by atoms with E-state index in [9.17, 15) is 22.4 Å². The predicted molar refractivity (Wildman–Crippen MR) is 110 cm³/mol. The molecule has 0 aliphatic heterocycles. The summed E-state index contributed by atoms with van der Waals surface area (Å²) in [6, 6.07) is 13.1. The Hall–Kier alpha value is -3.39. The molecule has 0 spiro atoms. The maximum atomic E-state index is 14.0. The van der Waals surface area contributed by atoms with Crippen LogP contribution in [0.4, 0.5) is 23.2 Å². The van der Waals surface area contributed by atoms with Gasteiger partial charge >= 0.3 is 0 Å². The number of rotatable bonds is 4. The lowest BCUT2D eigenvalue weighted by Gasteiger charge is -2.15. The number of hydrogen-bond acceptors (Lipinski definition) is 2. The number of hydrogen-bond donors (Lipinski definition) is 1. The molecule has 0 radical (unpaired) electrons. The number of anilines is 1. The van der Waals surface area contributed by atoms with Gasteiger partial charge in [-0.2, -0.15) is 5.10 Å². The fraction of sp³-hybridized carbons (Fsp3) is 0.0909. The summed E-state index contributed by atoms with van der Waals surface area (Å²) in [5, 5.41) is 7.55. The lowest BCUT2D eigenvalue weighted by atomic mass is 10.1. The number of aromatic nitrogens is 2. The summed E-state index contributed by atoms with van der Waals surface area (Å²) >= 11 is 6.13. The Kier molecular flexibility index (Phi) is 5.41. The molecule has 0 bridgehead atoms. The van der Waals surface area contributed by atoms with Crippen LogP contribution in [0, 0.1) is 23.3 Å². The number of carbonyl (C=O) groups excluding carboxylic acids is 1. The molecule has 9 heteroatoms. The molecule has 1 aromatic heterocycles. The molecule has 31 heavy (non-hydrogen) atoms. The summed E-state index contributed by atoms with van der Waals surface area (Å²) in [5.74, 6) is -7.54. The largest absolute Gasteiger partial charge is 0.319 e. The molecule has 1 unspecified atom stereocenters. The van der Waals surface area contributed by atoms with Gasteiger partial charge in [-0.15, -0.1) is 0 Å². The average molecular weight is 448 g/mol. The molecule has 3 aromatic carbocycles. The van der Waals surface area contributed by atoms with E-state index in [4.69, 9.17) is 11.6 Å². The van der Waals surface area contributed by atoms with Crippen molar-refractivity contribution in [3.63, 3.8) is 0 Å². The highest BCUT2D eigenvalue weighted by Crippen LogP contribution is 2.32. The lowest BCUT2D eigenvalue weighted by molar-refractivity contribution is -0.119. The molecule has 4 nitrogen and oxygen atoms in total. The molecule has 4 rings (SSSR count). The van der Waals surface area contributed by atoms with Gasteiger partial charge in [0.15, 0.2) is 23.3 Å². The molecule has 1 N–H and O–H groups in total. The monoisotopic (exact) mass is 447 g/mol. The molecular weight excluding hydrogens is 434 g/mol. The van der Waals surface area contributed by atoms with Gasteiger partial charge in [0.1, 0.15) is 17.4 Å². The van der Waals surface area contributed by atoms with E-state index in [2.05, 4.69) is 5.10 Å². The van der Waals surface area contributed by atoms with E-state index >= 15 is 0 Å². The normalized spacial score (nSPS) is 12.2. The van der Waals surface area contributed by atoms with Crippen LogP contribution < -0.4 is 5.32 Å². The van der Waals surface area contributed by atoms with E-state index in [-0.39, 0.29) is 6.07 Å². The van der Waals surface area contributed by atoms with Gasteiger partial charge in [-0.3, -0.25) is 9.48 Å². The molecule has 1 atom stereocenters. The Morgan fingerprint density at radius 2 is 1.65 bits per heavy atom. The number of halogens is 5. The molecule has 0 fully saturated rings. The minimum atomic E-state index is -1.69. The first-order valence-electron chi connectivity index (χ1n) is 9.15. The number of amides is 1. The van der Waals surface area contributed by atoms with Crippen LogP contribution in [0.2, 0.25) is 5.02 Å². The highest BCUT2D eigenvalue weighted by Gasteiger charge is 2.26. The average Bonchev–Trinajstić information content (AvgIpc) is 3.13. The minimum Gasteiger partial charge on any atom is -0.319 e. The standard InChI is InChI=1S/C22H14ClF4N3O/c1-11(22(31)28-21-18(26)15(24)10-16(25)19(21)27)30-17-8-7-13(23)9-14(17)20(29-30)12-5-3-2-4-6-12/h2-11H,1H3,(H,28,31). The van der Waals surface area contributed by atoms with Crippen molar-refractivity contribution in [3.05, 3.63) is 82.9 Å². The van der Waals surface area contributed by atoms with E-state index in [1.54, 1.807) is 18.2 Å². The summed E-state index contributed by atoms with van der Waals surface area (Å²) in [4.78, 5) is 12.7. The second-order valence-electron chi connectivity index (χ2n) is 6.83. The van der Waals surface area contributed by atoms with Gasteiger partial charge in [0, 0.05) is 22.0 Å². The Balaban J connectivity index is 1.77. The molecule has 0 saturated heterocycles. The highest BCUT2D eigenvalue weighted by molar-refractivity contribution is 6.31. The summed E-state index contributed by atoms with van der Waals surface area (Å²) in [7, 11) is 0. The number of carbonyl (C=O) groups is 1. The quantitative estimate of drug-likeness (QED) is 0.303. The summed E-state index contributed by atoms with van der Waals surface area (Å²) < 4.78 is 56.2. The van der Waals surface area contributed by atoms with Crippen molar-refractivity contribution in [2.45, 2.75) is 13.0 Å². The minimum absolute atomic E-state index is 0.0701. The van der Waals surface area contributed by atoms with Crippen LogP contribution in [0.15, 0.2) is 54.6 Å². The van der Waals surface area contributed by atoms with Crippen molar-refractivity contribution in [2.24, 2.45) is 0 Å². The van der Waals surface area contributed by atoms with Crippen LogP contribution in [0.3, 0.4) is 0 Å². The van der Waals surface area contributed by atoms with Gasteiger partial charge in [-0.1, -0.05) is 41.9 Å². The second-order valence-corrected chi connectivity index (χ2v) is 7.27. The van der Waals surface area contributed by atoms with Gasteiger partial charge < -0.3 is 5.32 Å². The lowest BCUT2D eigenvalue weighted by Crippen LogP contribution is -2.26. The van der Waals surface area contributed by atoms with Crippen molar-refractivity contribution in [1.82, 2.24) is 9.78 Å². The van der Waals surface area contributed by atoms with Crippen LogP contribution in [0.5, 0.6) is 0 Å². The van der Waals surface area contributed by atoms with Gasteiger partial charge in [0.05, 0.1) is 5.52 Å². The number of nitrogens with zero attached hydrogens (tertiary/aromatic N) is 2. The third-order valence-electron chi connectivity index (χ3n) is 4.82. The van der Waals surface area contributed by atoms with Crippen LogP contribution in [-0.4, -0.2) is 15.7 Å². The molecule has 0 aliphatic carbocycles. The summed E-state index contributed by atoms with van der Waals surface area (Å²) in [6.07, 6.45) is 0. The zero-order chi connectivity index (χ0) is 22.3. The Morgan fingerprint density at radius 3 is 2.29 bits per heavy atom. The van der Waals surface area contributed by atoms with Crippen molar-refractivity contribution < 1.29 is 22.4 Å². The Labute approximate surface area is 179 Å². The van der Waals surface area contributed by atoms with Crippen molar-refractivity contribution in [3.8, 4) is 11.3 Å². The number of fused-ring (bicyclic) bond motifs is 1. The summed E-state index contributed by atoms with van der Waals surface area (Å²) in [6.45, 7) is 1.44. The zero-order valence-corrected chi connectivity index (χ0v) is 16.7. The SMILES string of the molecule is CC(C(=O)Nc1c(F)c(F)cc(F)c1F)n1nc(-c2ccccc2)c2cc(Cl)ccc21. The van der Waals surface area contributed by atoms with Crippen molar-refractivity contribution in [2.75, 3.05) is 5.32 Å². The molecule has 1 heterocycles. The first-order chi connectivity index (χ1) is 14.8. The molecule has 158 valence electrons. The molecular formula is C22H14ClF4N3O. The van der Waals surface area contributed by atoms with Crippen LogP contribution in [-0.2, 0) is 4.79 Å². The van der Waals surface area contributed by atoms with Gasteiger partial charge in [0.25, 0.3) is 0 Å². The molecule has 0 aliphatic rings. The smallest absolute Gasteiger partial charge is 0.249 e. The molecule has 4 aromatic rings. The number of nitrogens with one attached hydrogen (secondary N) is 1. The fourth-order valence-corrected chi connectivity index (χ4v) is 3.41. The van der Waals surface area contributed by atoms with E-state index in [1.807, 2.05) is 35.6 Å². The second kappa shape index (κ2) is 8.03. The van der Waals surface area contributed by atoms with Crippen LogP contribution in [0.1, 0.15) is 13.0 Å². The Morgan fingerprint density at radius 1 is 1.00 bits per heavy atom. The maximum absolute atomic E-state index is 14.0. The van der Waals surface area contributed by atoms with Gasteiger partial charge in [0.2, 0.25) is 5.91 Å². The van der Waals surface area contributed by atoms with E-state index in [1.165, 1.54) is 11.6 Å². The third kappa shape index (κ3) is 3.74. The number of benzene rings is 3. The first kappa shape index (κ1) is 20.9. The predicted octanol–water partition coefficient (Wildman–Crippen LogP) is 6.11. The van der Waals surface area contributed by atoms with Crippen LogP contribution in [0.25, 0.3) is 22.2 Å². The van der Waals surface area contributed by atoms with E-state index in [0.717, 1.165) is 5.56 Å². The third-order valence-corrected chi connectivity index (χ3v) is 5.06. The Bertz CT molecular complexity index is 1280. The van der Waals surface area contributed by atoms with Gasteiger partial charge in [-0.05, 0) is 25.1 Å². The highest BCUT2D eigenvalue weighted by atomic mass is 35.5. The van der Waals surface area contributed by atoms with Crippen molar-refractivity contribution >= 4 is 34.1 Å². The molecule has 0 saturated carbocycles. The first-order valence-corrected chi connectivity index (χ1v) is 9.52. The summed E-state index contributed by atoms with van der Waals surface area (Å²) in [5.41, 5.74) is 0.659. The van der Waals surface area contributed by atoms with E-state index in [0.29, 0.717) is 21.6 Å². The van der Waals surface area contributed by atoms with Crippen LogP contribution >= 0.6 is 11.6 Å². The topological polar surface area (TPSA) is 46.9 Å². The zero-order valence-electron chi connectivity index (χ0n) is 16.0. The fourth-order valence-electron chi connectivity index (χ4n) is 3.24. The van der Waals surface area contributed by atoms with Gasteiger partial charge in [-0.25, -0.2) is 17.6 Å².